The van der Waals surface area contributed by atoms with E-state index in [0.717, 1.165) is 22.5 Å². The van der Waals surface area contributed by atoms with E-state index in [1.165, 1.54) is 5.56 Å². The van der Waals surface area contributed by atoms with Crippen molar-refractivity contribution in [3.05, 3.63) is 95.6 Å². The Morgan fingerprint density at radius 3 is 2.41 bits per heavy atom. The van der Waals surface area contributed by atoms with Gasteiger partial charge < -0.3 is 20.7 Å². The van der Waals surface area contributed by atoms with Gasteiger partial charge in [-0.2, -0.15) is 0 Å². The molecule has 0 heterocycles. The Morgan fingerprint density at radius 1 is 0.931 bits per heavy atom. The van der Waals surface area contributed by atoms with Gasteiger partial charge in [0, 0.05) is 31.6 Å². The number of methoxy groups -OCH3 is 1. The highest BCUT2D eigenvalue weighted by molar-refractivity contribution is 5.80. The molecule has 0 spiro atoms. The van der Waals surface area contributed by atoms with Gasteiger partial charge in [0.2, 0.25) is 5.91 Å². The number of nitrogens with two attached hydrogens (primary N) is 1. The molecular formula is C24H27N3O2. The molecule has 0 aromatic heterocycles. The molecule has 3 aromatic rings. The van der Waals surface area contributed by atoms with Crippen LogP contribution in [0, 0.1) is 0 Å². The molecule has 0 saturated carbocycles. The van der Waals surface area contributed by atoms with E-state index in [-0.39, 0.29) is 12.5 Å². The first kappa shape index (κ1) is 20.4. The third kappa shape index (κ3) is 6.36. The molecule has 0 aliphatic heterocycles. The summed E-state index contributed by atoms with van der Waals surface area (Å²) in [6, 6.07) is 26.4. The van der Waals surface area contributed by atoms with Crippen molar-refractivity contribution in [2.45, 2.75) is 19.7 Å². The summed E-state index contributed by atoms with van der Waals surface area (Å²) in [4.78, 5) is 13.6. The second kappa shape index (κ2) is 10.3. The Morgan fingerprint density at radius 2 is 1.66 bits per heavy atom. The van der Waals surface area contributed by atoms with Gasteiger partial charge >= 0.3 is 0 Å². The van der Waals surface area contributed by atoms with Crippen LogP contribution in [0.15, 0.2) is 78.9 Å². The van der Waals surface area contributed by atoms with E-state index in [9.17, 15) is 4.79 Å². The molecule has 0 bridgehead atoms. The zero-order valence-electron chi connectivity index (χ0n) is 16.7. The molecule has 0 aliphatic carbocycles. The van der Waals surface area contributed by atoms with Crippen molar-refractivity contribution in [1.82, 2.24) is 0 Å². The van der Waals surface area contributed by atoms with E-state index in [1.54, 1.807) is 7.11 Å². The van der Waals surface area contributed by atoms with Gasteiger partial charge in [0.25, 0.3) is 0 Å². The lowest BCUT2D eigenvalue weighted by Gasteiger charge is -2.24. The standard InChI is InChI=1S/C24H27N3O2/c1-29-18-21-10-5-9-20(13-21)15-26-22-11-6-12-23(14-22)27(17-24(25)28)16-19-7-3-2-4-8-19/h2-14,26H,15-18H2,1H3,(H2,25,28). The van der Waals surface area contributed by atoms with Gasteiger partial charge in [-0.1, -0.05) is 60.7 Å². The fourth-order valence-electron chi connectivity index (χ4n) is 3.24. The molecule has 0 radical (unpaired) electrons. The number of carbonyl (C=O) groups is 1. The zero-order chi connectivity index (χ0) is 20.5. The monoisotopic (exact) mass is 389 g/mol. The Labute approximate surface area is 172 Å². The van der Waals surface area contributed by atoms with Gasteiger partial charge in [-0.3, -0.25) is 4.79 Å². The number of amides is 1. The summed E-state index contributed by atoms with van der Waals surface area (Å²) in [5.74, 6) is -0.353. The number of nitrogens with one attached hydrogen (secondary N) is 1. The molecule has 3 aromatic carbocycles. The maximum atomic E-state index is 11.6. The van der Waals surface area contributed by atoms with Crippen LogP contribution in [-0.2, 0) is 29.2 Å². The third-order valence-electron chi connectivity index (χ3n) is 4.57. The molecule has 3 rings (SSSR count). The lowest BCUT2D eigenvalue weighted by atomic mass is 10.1. The minimum Gasteiger partial charge on any atom is -0.381 e. The van der Waals surface area contributed by atoms with Crippen LogP contribution < -0.4 is 16.0 Å². The number of hydrogen-bond donors (Lipinski definition) is 2. The molecule has 29 heavy (non-hydrogen) atoms. The number of ether oxygens (including phenoxy) is 1. The largest absolute Gasteiger partial charge is 0.381 e. The van der Waals surface area contributed by atoms with E-state index < -0.39 is 0 Å². The molecule has 0 saturated heterocycles. The number of primary amides is 1. The minimum atomic E-state index is -0.353. The lowest BCUT2D eigenvalue weighted by molar-refractivity contribution is -0.116. The van der Waals surface area contributed by atoms with Crippen molar-refractivity contribution >= 4 is 17.3 Å². The Kier molecular flexibility index (Phi) is 7.25. The van der Waals surface area contributed by atoms with Crippen molar-refractivity contribution in [3.8, 4) is 0 Å². The predicted molar refractivity (Wildman–Crippen MR) is 118 cm³/mol. The molecule has 5 heteroatoms. The summed E-state index contributed by atoms with van der Waals surface area (Å²) in [7, 11) is 1.70. The van der Waals surface area contributed by atoms with Gasteiger partial charge in [0.05, 0.1) is 13.2 Å². The van der Waals surface area contributed by atoms with Crippen LogP contribution in [-0.4, -0.2) is 19.6 Å². The van der Waals surface area contributed by atoms with Crippen LogP contribution in [0.25, 0.3) is 0 Å². The second-order valence-corrected chi connectivity index (χ2v) is 6.96. The van der Waals surface area contributed by atoms with Crippen LogP contribution in [0.3, 0.4) is 0 Å². The first-order chi connectivity index (χ1) is 14.1. The molecule has 0 aliphatic rings. The third-order valence-corrected chi connectivity index (χ3v) is 4.57. The van der Waals surface area contributed by atoms with E-state index >= 15 is 0 Å². The van der Waals surface area contributed by atoms with E-state index in [0.29, 0.717) is 19.7 Å². The summed E-state index contributed by atoms with van der Waals surface area (Å²) in [5, 5.41) is 3.46. The minimum absolute atomic E-state index is 0.164. The lowest BCUT2D eigenvalue weighted by Crippen LogP contribution is -2.33. The maximum absolute atomic E-state index is 11.6. The van der Waals surface area contributed by atoms with Crippen molar-refractivity contribution in [1.29, 1.82) is 0 Å². The number of nitrogens with zero attached hydrogens (tertiary/aromatic N) is 1. The van der Waals surface area contributed by atoms with Crippen LogP contribution in [0.5, 0.6) is 0 Å². The molecule has 0 atom stereocenters. The highest BCUT2D eigenvalue weighted by atomic mass is 16.5. The number of hydrogen-bond acceptors (Lipinski definition) is 4. The summed E-state index contributed by atoms with van der Waals surface area (Å²) in [6.07, 6.45) is 0. The molecule has 0 unspecified atom stereocenters. The second-order valence-electron chi connectivity index (χ2n) is 6.96. The number of benzene rings is 3. The van der Waals surface area contributed by atoms with E-state index in [1.807, 2.05) is 65.6 Å². The molecule has 5 nitrogen and oxygen atoms in total. The highest BCUT2D eigenvalue weighted by Gasteiger charge is 2.11. The van der Waals surface area contributed by atoms with Crippen molar-refractivity contribution in [3.63, 3.8) is 0 Å². The van der Waals surface area contributed by atoms with Crippen LogP contribution in [0.2, 0.25) is 0 Å². The van der Waals surface area contributed by atoms with Gasteiger partial charge in [-0.25, -0.2) is 0 Å². The quantitative estimate of drug-likeness (QED) is 0.551. The average molecular weight is 389 g/mol. The van der Waals surface area contributed by atoms with E-state index in [2.05, 4.69) is 23.5 Å². The average Bonchev–Trinajstić information content (AvgIpc) is 2.73. The fraction of sp³-hybridized carbons (Fsp3) is 0.208. The topological polar surface area (TPSA) is 67.6 Å². The van der Waals surface area contributed by atoms with Crippen molar-refractivity contribution in [2.24, 2.45) is 5.73 Å². The molecule has 0 fully saturated rings. The fourth-order valence-corrected chi connectivity index (χ4v) is 3.24. The van der Waals surface area contributed by atoms with Gasteiger partial charge in [-0.15, -0.1) is 0 Å². The zero-order valence-corrected chi connectivity index (χ0v) is 16.7. The molecular weight excluding hydrogens is 362 g/mol. The van der Waals surface area contributed by atoms with Crippen LogP contribution >= 0.6 is 0 Å². The summed E-state index contributed by atoms with van der Waals surface area (Å²) >= 11 is 0. The van der Waals surface area contributed by atoms with Crippen LogP contribution in [0.4, 0.5) is 11.4 Å². The number of carbonyl (C=O) groups excluding carboxylic acids is 1. The SMILES string of the molecule is COCc1cccc(CNc2cccc(N(CC(N)=O)Cc3ccccc3)c2)c1. The summed E-state index contributed by atoms with van der Waals surface area (Å²) < 4.78 is 5.20. The van der Waals surface area contributed by atoms with Gasteiger partial charge in [0.15, 0.2) is 0 Å². The van der Waals surface area contributed by atoms with Gasteiger partial charge in [0.1, 0.15) is 0 Å². The number of rotatable bonds is 10. The van der Waals surface area contributed by atoms with Gasteiger partial charge in [-0.05, 0) is 34.9 Å². The Hall–Kier alpha value is -3.31. The number of anilines is 2. The summed E-state index contributed by atoms with van der Waals surface area (Å²) in [5.41, 5.74) is 10.9. The molecule has 150 valence electrons. The van der Waals surface area contributed by atoms with Crippen molar-refractivity contribution in [2.75, 3.05) is 23.9 Å². The predicted octanol–water partition coefficient (Wildman–Crippen LogP) is 3.94. The Bertz CT molecular complexity index is 928. The molecule has 1 amide bonds. The normalized spacial score (nSPS) is 10.5. The van der Waals surface area contributed by atoms with E-state index in [4.69, 9.17) is 10.5 Å². The summed E-state index contributed by atoms with van der Waals surface area (Å²) in [6.45, 7) is 2.09. The highest BCUT2D eigenvalue weighted by Crippen LogP contribution is 2.22. The molecule has 3 N–H and O–H groups in total. The smallest absolute Gasteiger partial charge is 0.236 e. The van der Waals surface area contributed by atoms with Crippen molar-refractivity contribution < 1.29 is 9.53 Å². The van der Waals surface area contributed by atoms with Crippen LogP contribution in [0.1, 0.15) is 16.7 Å². The maximum Gasteiger partial charge on any atom is 0.236 e. The first-order valence-corrected chi connectivity index (χ1v) is 9.62. The Balaban J connectivity index is 1.72. The first-order valence-electron chi connectivity index (χ1n) is 9.62.